The van der Waals surface area contributed by atoms with E-state index in [1.165, 1.54) is 18.2 Å². The topological polar surface area (TPSA) is 72.8 Å². The molecule has 3 rings (SSSR count). The van der Waals surface area contributed by atoms with E-state index in [1.807, 2.05) is 11.8 Å². The summed E-state index contributed by atoms with van der Waals surface area (Å²) in [5.41, 5.74) is 0.658. The molecule has 1 unspecified atom stereocenters. The van der Waals surface area contributed by atoms with Gasteiger partial charge in [0, 0.05) is 31.9 Å². The SMILES string of the molecule is CCNC(=NCc1ccc(O)c(F)c1)NC1CCN(c2ncccc2F)C1. The molecule has 27 heavy (non-hydrogen) atoms. The Kier molecular flexibility index (Phi) is 6.05. The first-order valence-electron chi connectivity index (χ1n) is 8.94. The number of rotatable bonds is 5. The smallest absolute Gasteiger partial charge is 0.191 e. The van der Waals surface area contributed by atoms with Crippen LogP contribution in [0.4, 0.5) is 14.6 Å². The zero-order valence-electron chi connectivity index (χ0n) is 15.1. The van der Waals surface area contributed by atoms with Crippen LogP contribution in [0.3, 0.4) is 0 Å². The van der Waals surface area contributed by atoms with Gasteiger partial charge in [-0.1, -0.05) is 6.07 Å². The monoisotopic (exact) mass is 375 g/mol. The number of anilines is 1. The van der Waals surface area contributed by atoms with Gasteiger partial charge >= 0.3 is 0 Å². The van der Waals surface area contributed by atoms with Crippen molar-refractivity contribution < 1.29 is 13.9 Å². The van der Waals surface area contributed by atoms with Crippen LogP contribution in [-0.4, -0.2) is 41.7 Å². The van der Waals surface area contributed by atoms with Crippen molar-refractivity contribution in [1.29, 1.82) is 0 Å². The van der Waals surface area contributed by atoms with Crippen LogP contribution < -0.4 is 15.5 Å². The van der Waals surface area contributed by atoms with Crippen LogP contribution in [0.5, 0.6) is 5.75 Å². The number of benzene rings is 1. The van der Waals surface area contributed by atoms with Crippen LogP contribution in [0.1, 0.15) is 18.9 Å². The van der Waals surface area contributed by atoms with Crippen molar-refractivity contribution in [3.8, 4) is 5.75 Å². The van der Waals surface area contributed by atoms with E-state index in [2.05, 4.69) is 20.6 Å². The Balaban J connectivity index is 1.62. The average Bonchev–Trinajstić information content (AvgIpc) is 3.11. The molecule has 144 valence electrons. The molecule has 0 saturated carbocycles. The van der Waals surface area contributed by atoms with Crippen molar-refractivity contribution in [2.75, 3.05) is 24.5 Å². The van der Waals surface area contributed by atoms with Gasteiger partial charge < -0.3 is 20.6 Å². The van der Waals surface area contributed by atoms with Gasteiger partial charge in [-0.15, -0.1) is 0 Å². The second kappa shape index (κ2) is 8.66. The Morgan fingerprint density at radius 1 is 1.33 bits per heavy atom. The fraction of sp³-hybridized carbons (Fsp3) is 0.368. The van der Waals surface area contributed by atoms with Gasteiger partial charge in [-0.3, -0.25) is 0 Å². The summed E-state index contributed by atoms with van der Waals surface area (Å²) in [5.74, 6) is -0.388. The fourth-order valence-corrected chi connectivity index (χ4v) is 3.01. The summed E-state index contributed by atoms with van der Waals surface area (Å²) < 4.78 is 27.4. The van der Waals surface area contributed by atoms with Gasteiger partial charge in [-0.2, -0.15) is 0 Å². The molecule has 1 atom stereocenters. The molecule has 0 bridgehead atoms. The molecule has 3 N–H and O–H groups in total. The highest BCUT2D eigenvalue weighted by Gasteiger charge is 2.25. The second-order valence-corrected chi connectivity index (χ2v) is 6.37. The first-order chi connectivity index (χ1) is 13.1. The Hall–Kier alpha value is -2.90. The standard InChI is InChI=1S/C19H23F2N5O/c1-2-22-19(24-11-13-5-6-17(27)16(21)10-13)25-14-7-9-26(12-14)18-15(20)4-3-8-23-18/h3-6,8,10,14,27H,2,7,9,11-12H2,1H3,(H2,22,24,25). The normalized spacial score (nSPS) is 17.2. The maximum absolute atomic E-state index is 13.9. The van der Waals surface area contributed by atoms with E-state index in [1.54, 1.807) is 18.3 Å². The van der Waals surface area contributed by atoms with E-state index in [9.17, 15) is 13.9 Å². The molecule has 1 fully saturated rings. The molecule has 2 aromatic rings. The van der Waals surface area contributed by atoms with Crippen LogP contribution in [-0.2, 0) is 6.54 Å². The molecule has 8 heteroatoms. The van der Waals surface area contributed by atoms with Crippen molar-refractivity contribution in [2.45, 2.75) is 25.9 Å². The van der Waals surface area contributed by atoms with E-state index < -0.39 is 5.82 Å². The molecule has 1 aromatic heterocycles. The second-order valence-electron chi connectivity index (χ2n) is 6.37. The fourth-order valence-electron chi connectivity index (χ4n) is 3.01. The number of nitrogens with one attached hydrogen (secondary N) is 2. The molecule has 1 aromatic carbocycles. The van der Waals surface area contributed by atoms with Gasteiger partial charge in [0.1, 0.15) is 0 Å². The van der Waals surface area contributed by atoms with Crippen molar-refractivity contribution in [2.24, 2.45) is 4.99 Å². The zero-order chi connectivity index (χ0) is 19.2. The molecule has 0 radical (unpaired) electrons. The minimum atomic E-state index is -0.663. The van der Waals surface area contributed by atoms with E-state index in [-0.39, 0.29) is 24.2 Å². The average molecular weight is 375 g/mol. The third-order valence-corrected chi connectivity index (χ3v) is 4.34. The highest BCUT2D eigenvalue weighted by Crippen LogP contribution is 2.21. The summed E-state index contributed by atoms with van der Waals surface area (Å²) in [6, 6.07) is 7.30. The molecule has 0 aliphatic carbocycles. The summed E-state index contributed by atoms with van der Waals surface area (Å²) in [4.78, 5) is 10.5. The van der Waals surface area contributed by atoms with E-state index in [0.717, 1.165) is 6.42 Å². The molecule has 1 saturated heterocycles. The number of nitrogens with zero attached hydrogens (tertiary/aromatic N) is 3. The molecule has 0 amide bonds. The van der Waals surface area contributed by atoms with Gasteiger partial charge in [0.25, 0.3) is 0 Å². The number of aromatic hydroxyl groups is 1. The lowest BCUT2D eigenvalue weighted by Gasteiger charge is -2.20. The van der Waals surface area contributed by atoms with Crippen LogP contribution in [0.15, 0.2) is 41.5 Å². The first kappa shape index (κ1) is 18.9. The predicted molar refractivity (Wildman–Crippen MR) is 101 cm³/mol. The molecule has 0 spiro atoms. The summed E-state index contributed by atoms with van der Waals surface area (Å²) >= 11 is 0. The first-order valence-corrected chi connectivity index (χ1v) is 8.94. The number of guanidine groups is 1. The molecule has 2 heterocycles. The lowest BCUT2D eigenvalue weighted by Crippen LogP contribution is -2.44. The van der Waals surface area contributed by atoms with Crippen molar-refractivity contribution in [3.05, 3.63) is 53.7 Å². The van der Waals surface area contributed by atoms with Crippen LogP contribution in [0.25, 0.3) is 0 Å². The predicted octanol–water partition coefficient (Wildman–Crippen LogP) is 2.40. The molecule has 1 aliphatic heterocycles. The number of hydrogen-bond acceptors (Lipinski definition) is 4. The van der Waals surface area contributed by atoms with Crippen LogP contribution in [0, 0.1) is 11.6 Å². The van der Waals surface area contributed by atoms with Gasteiger partial charge in [0.05, 0.1) is 6.54 Å². The van der Waals surface area contributed by atoms with E-state index in [0.29, 0.717) is 37.0 Å². The lowest BCUT2D eigenvalue weighted by molar-refractivity contribution is 0.432. The van der Waals surface area contributed by atoms with Crippen molar-refractivity contribution in [1.82, 2.24) is 15.6 Å². The Morgan fingerprint density at radius 2 is 2.19 bits per heavy atom. The van der Waals surface area contributed by atoms with Crippen molar-refractivity contribution >= 4 is 11.8 Å². The number of phenolic OH excluding ortho intramolecular Hbond substituents is 1. The Bertz CT molecular complexity index is 814. The number of halogens is 2. The maximum Gasteiger partial charge on any atom is 0.191 e. The minimum absolute atomic E-state index is 0.0979. The van der Waals surface area contributed by atoms with Crippen molar-refractivity contribution in [3.63, 3.8) is 0 Å². The molecule has 1 aliphatic rings. The van der Waals surface area contributed by atoms with Crippen LogP contribution >= 0.6 is 0 Å². The van der Waals surface area contributed by atoms with Gasteiger partial charge in [0.15, 0.2) is 29.2 Å². The Morgan fingerprint density at radius 3 is 2.93 bits per heavy atom. The molecular formula is C19H23F2N5O. The molecular weight excluding hydrogens is 352 g/mol. The molecule has 6 nitrogen and oxygen atoms in total. The summed E-state index contributed by atoms with van der Waals surface area (Å²) in [5, 5.41) is 15.8. The largest absolute Gasteiger partial charge is 0.505 e. The van der Waals surface area contributed by atoms with E-state index in [4.69, 9.17) is 0 Å². The van der Waals surface area contributed by atoms with Crippen LogP contribution in [0.2, 0.25) is 0 Å². The number of aliphatic imine (C=N–C) groups is 1. The number of hydrogen-bond donors (Lipinski definition) is 3. The minimum Gasteiger partial charge on any atom is -0.505 e. The zero-order valence-corrected chi connectivity index (χ0v) is 15.1. The third kappa shape index (κ3) is 4.84. The highest BCUT2D eigenvalue weighted by atomic mass is 19.1. The highest BCUT2D eigenvalue weighted by molar-refractivity contribution is 5.80. The maximum atomic E-state index is 13.9. The van der Waals surface area contributed by atoms with Gasteiger partial charge in [0.2, 0.25) is 0 Å². The lowest BCUT2D eigenvalue weighted by atomic mass is 10.2. The number of phenols is 1. The number of pyridine rings is 1. The summed E-state index contributed by atoms with van der Waals surface area (Å²) in [6.45, 7) is 4.24. The quantitative estimate of drug-likeness (QED) is 0.553. The number of aromatic nitrogens is 1. The summed E-state index contributed by atoms with van der Waals surface area (Å²) in [7, 11) is 0. The summed E-state index contributed by atoms with van der Waals surface area (Å²) in [6.07, 6.45) is 2.41. The van der Waals surface area contributed by atoms with Gasteiger partial charge in [-0.25, -0.2) is 18.8 Å². The Labute approximate surface area is 157 Å². The van der Waals surface area contributed by atoms with E-state index >= 15 is 0 Å². The van der Waals surface area contributed by atoms with Gasteiger partial charge in [-0.05, 0) is 43.2 Å². The third-order valence-electron chi connectivity index (χ3n) is 4.34.